The van der Waals surface area contributed by atoms with E-state index in [1.54, 1.807) is 0 Å². The predicted molar refractivity (Wildman–Crippen MR) is 65.0 cm³/mol. The van der Waals surface area contributed by atoms with E-state index < -0.39 is 0 Å². The van der Waals surface area contributed by atoms with Crippen molar-refractivity contribution in [2.75, 3.05) is 24.8 Å². The Balaban J connectivity index is 2.70. The fourth-order valence-electron chi connectivity index (χ4n) is 1.98. The highest BCUT2D eigenvalue weighted by Crippen LogP contribution is 2.21. The molecule has 0 radical (unpaired) electrons. The number of nitrogens with two attached hydrogens (primary N) is 1. The Morgan fingerprint density at radius 3 is 2.62 bits per heavy atom. The molecule has 0 unspecified atom stereocenters. The Bertz CT molecular complexity index is 507. The maximum atomic E-state index is 5.90. The summed E-state index contributed by atoms with van der Waals surface area (Å²) in [5, 5.41) is 6.38. The van der Waals surface area contributed by atoms with E-state index in [4.69, 9.17) is 5.73 Å². The third-order valence-corrected chi connectivity index (χ3v) is 2.59. The van der Waals surface area contributed by atoms with Crippen molar-refractivity contribution in [2.24, 2.45) is 7.05 Å². The number of anilines is 1. The van der Waals surface area contributed by atoms with Gasteiger partial charge in [-0.1, -0.05) is 13.3 Å². The number of rotatable bonds is 3. The largest absolute Gasteiger partial charge is 0.368 e. The van der Waals surface area contributed by atoms with E-state index in [1.807, 2.05) is 35.5 Å². The zero-order valence-corrected chi connectivity index (χ0v) is 10.2. The molecule has 6 nitrogen and oxygen atoms in total. The second-order valence-corrected chi connectivity index (χ2v) is 4.12. The van der Waals surface area contributed by atoms with Crippen LogP contribution in [-0.2, 0) is 13.5 Å². The van der Waals surface area contributed by atoms with Crippen LogP contribution in [0.2, 0.25) is 0 Å². The Labute approximate surface area is 94.6 Å². The van der Waals surface area contributed by atoms with Crippen molar-refractivity contribution >= 4 is 17.1 Å². The van der Waals surface area contributed by atoms with E-state index in [-0.39, 0.29) is 0 Å². The Hall–Kier alpha value is -1.72. The summed E-state index contributed by atoms with van der Waals surface area (Å²) in [5.41, 5.74) is 8.78. The van der Waals surface area contributed by atoms with Crippen molar-refractivity contribution in [2.45, 2.75) is 19.8 Å². The minimum Gasteiger partial charge on any atom is -0.368 e. The SMILES string of the molecule is CCCc1nn(C)c2c1nc(N)n2N(C)C. The predicted octanol–water partition coefficient (Wildman–Crippen LogP) is 0.502. The lowest BCUT2D eigenvalue weighted by Crippen LogP contribution is -2.27. The molecule has 0 fully saturated rings. The number of hydrogen-bond acceptors (Lipinski definition) is 4. The van der Waals surface area contributed by atoms with E-state index in [0.29, 0.717) is 5.95 Å². The number of aromatic nitrogens is 4. The van der Waals surface area contributed by atoms with E-state index in [2.05, 4.69) is 17.0 Å². The first-order valence-corrected chi connectivity index (χ1v) is 5.43. The molecule has 0 aliphatic rings. The molecule has 88 valence electrons. The summed E-state index contributed by atoms with van der Waals surface area (Å²) in [7, 11) is 5.79. The summed E-state index contributed by atoms with van der Waals surface area (Å²) in [5.74, 6) is 0.505. The molecular formula is C10H18N6. The third-order valence-electron chi connectivity index (χ3n) is 2.59. The molecule has 2 N–H and O–H groups in total. The standard InChI is InChI=1S/C10H18N6/c1-5-6-7-8-9(15(4)13-7)16(14(2)3)10(11)12-8/h5-6H2,1-4H3,(H2,11,12). The molecule has 0 amide bonds. The maximum absolute atomic E-state index is 5.90. The lowest BCUT2D eigenvalue weighted by Gasteiger charge is -2.15. The van der Waals surface area contributed by atoms with Gasteiger partial charge in [0.25, 0.3) is 0 Å². The highest BCUT2D eigenvalue weighted by molar-refractivity contribution is 5.78. The summed E-state index contributed by atoms with van der Waals surface area (Å²) in [4.78, 5) is 4.39. The van der Waals surface area contributed by atoms with Crippen LogP contribution in [0, 0.1) is 0 Å². The topological polar surface area (TPSA) is 64.9 Å². The molecule has 0 aliphatic heterocycles. The Morgan fingerprint density at radius 2 is 2.06 bits per heavy atom. The normalized spacial score (nSPS) is 11.2. The van der Waals surface area contributed by atoms with Crippen molar-refractivity contribution in [3.63, 3.8) is 0 Å². The first-order chi connectivity index (χ1) is 7.56. The second-order valence-electron chi connectivity index (χ2n) is 4.12. The smallest absolute Gasteiger partial charge is 0.222 e. The van der Waals surface area contributed by atoms with Gasteiger partial charge in [-0.2, -0.15) is 5.10 Å². The zero-order chi connectivity index (χ0) is 11.9. The highest BCUT2D eigenvalue weighted by atomic mass is 15.6. The van der Waals surface area contributed by atoms with E-state index >= 15 is 0 Å². The molecule has 0 aromatic carbocycles. The molecule has 0 bridgehead atoms. The quantitative estimate of drug-likeness (QED) is 0.821. The lowest BCUT2D eigenvalue weighted by molar-refractivity contribution is 0.691. The molecule has 2 rings (SSSR count). The van der Waals surface area contributed by atoms with Crippen LogP contribution in [0.3, 0.4) is 0 Å². The van der Waals surface area contributed by atoms with Gasteiger partial charge < -0.3 is 10.7 Å². The van der Waals surface area contributed by atoms with E-state index in [1.165, 1.54) is 0 Å². The maximum Gasteiger partial charge on any atom is 0.222 e. The second kappa shape index (κ2) is 3.70. The zero-order valence-electron chi connectivity index (χ0n) is 10.2. The van der Waals surface area contributed by atoms with Gasteiger partial charge in [0.1, 0.15) is 5.52 Å². The highest BCUT2D eigenvalue weighted by Gasteiger charge is 2.18. The molecule has 16 heavy (non-hydrogen) atoms. The molecule has 2 heterocycles. The molecule has 2 aromatic heterocycles. The summed E-state index contributed by atoms with van der Waals surface area (Å²) in [6, 6.07) is 0. The van der Waals surface area contributed by atoms with Crippen molar-refractivity contribution in [1.82, 2.24) is 19.4 Å². The average Bonchev–Trinajstić information content (AvgIpc) is 2.66. The van der Waals surface area contributed by atoms with Crippen LogP contribution in [0.4, 0.5) is 5.95 Å². The van der Waals surface area contributed by atoms with Crippen LogP contribution in [0.1, 0.15) is 19.0 Å². The molecule has 0 saturated carbocycles. The van der Waals surface area contributed by atoms with Crippen molar-refractivity contribution in [3.05, 3.63) is 5.69 Å². The van der Waals surface area contributed by atoms with Crippen LogP contribution in [0.25, 0.3) is 11.2 Å². The van der Waals surface area contributed by atoms with Gasteiger partial charge in [-0.05, 0) is 6.42 Å². The third kappa shape index (κ3) is 1.41. The number of fused-ring (bicyclic) bond motifs is 1. The van der Waals surface area contributed by atoms with Gasteiger partial charge in [0, 0.05) is 21.1 Å². The molecular weight excluding hydrogens is 204 g/mol. The van der Waals surface area contributed by atoms with Crippen LogP contribution in [0.15, 0.2) is 0 Å². The number of nitrogen functional groups attached to an aromatic ring is 1. The minimum absolute atomic E-state index is 0.505. The van der Waals surface area contributed by atoms with Crippen LogP contribution >= 0.6 is 0 Å². The molecule has 2 aromatic rings. The van der Waals surface area contributed by atoms with E-state index in [0.717, 1.165) is 29.7 Å². The van der Waals surface area contributed by atoms with Gasteiger partial charge in [0.05, 0.1) is 5.69 Å². The van der Waals surface area contributed by atoms with Gasteiger partial charge in [0.2, 0.25) is 5.95 Å². The van der Waals surface area contributed by atoms with Crippen LogP contribution in [-0.4, -0.2) is 33.5 Å². The van der Waals surface area contributed by atoms with Gasteiger partial charge in [0.15, 0.2) is 5.65 Å². The van der Waals surface area contributed by atoms with Crippen LogP contribution < -0.4 is 10.7 Å². The van der Waals surface area contributed by atoms with Gasteiger partial charge in [-0.3, -0.25) is 0 Å². The fourth-order valence-corrected chi connectivity index (χ4v) is 1.98. The van der Waals surface area contributed by atoms with E-state index in [9.17, 15) is 0 Å². The average molecular weight is 222 g/mol. The fraction of sp³-hybridized carbons (Fsp3) is 0.600. The Morgan fingerprint density at radius 1 is 1.38 bits per heavy atom. The molecule has 0 spiro atoms. The first-order valence-electron chi connectivity index (χ1n) is 5.43. The summed E-state index contributed by atoms with van der Waals surface area (Å²) < 4.78 is 3.70. The molecule has 6 heteroatoms. The molecule has 0 atom stereocenters. The lowest BCUT2D eigenvalue weighted by atomic mass is 10.2. The summed E-state index contributed by atoms with van der Waals surface area (Å²) >= 11 is 0. The molecule has 0 saturated heterocycles. The minimum atomic E-state index is 0.505. The number of nitrogens with zero attached hydrogens (tertiary/aromatic N) is 5. The van der Waals surface area contributed by atoms with Crippen molar-refractivity contribution in [1.29, 1.82) is 0 Å². The monoisotopic (exact) mass is 222 g/mol. The van der Waals surface area contributed by atoms with Crippen molar-refractivity contribution < 1.29 is 0 Å². The number of imidazole rings is 1. The Kier molecular flexibility index (Phi) is 2.49. The number of aryl methyl sites for hydroxylation is 2. The summed E-state index contributed by atoms with van der Waals surface area (Å²) in [6.07, 6.45) is 1.99. The van der Waals surface area contributed by atoms with Crippen molar-refractivity contribution in [3.8, 4) is 0 Å². The van der Waals surface area contributed by atoms with Gasteiger partial charge in [-0.15, -0.1) is 0 Å². The van der Waals surface area contributed by atoms with Gasteiger partial charge >= 0.3 is 0 Å². The first kappa shape index (κ1) is 10.8. The van der Waals surface area contributed by atoms with Gasteiger partial charge in [-0.25, -0.2) is 14.3 Å². The number of hydrogen-bond donors (Lipinski definition) is 1. The van der Waals surface area contributed by atoms with Crippen LogP contribution in [0.5, 0.6) is 0 Å². The molecule has 0 aliphatic carbocycles. The summed E-state index contributed by atoms with van der Waals surface area (Å²) in [6.45, 7) is 2.13.